The van der Waals surface area contributed by atoms with E-state index in [0.29, 0.717) is 11.9 Å². The van der Waals surface area contributed by atoms with Gasteiger partial charge >= 0.3 is 0 Å². The lowest BCUT2D eigenvalue weighted by atomic mass is 10.1. The lowest BCUT2D eigenvalue weighted by molar-refractivity contribution is -0.0133. The fourth-order valence-electron chi connectivity index (χ4n) is 1.99. The van der Waals surface area contributed by atoms with Gasteiger partial charge < -0.3 is 10.2 Å². The lowest BCUT2D eigenvalue weighted by Crippen LogP contribution is -2.44. The number of nitrogen functional groups attached to an aromatic ring is 1. The highest BCUT2D eigenvalue weighted by Gasteiger charge is 2.21. The summed E-state index contributed by atoms with van der Waals surface area (Å²) in [5.74, 6) is 5.83. The van der Waals surface area contributed by atoms with Crippen LogP contribution >= 0.6 is 0 Å². The molecule has 0 amide bonds. The van der Waals surface area contributed by atoms with Crippen LogP contribution in [-0.2, 0) is 11.3 Å². The molecule has 1 fully saturated rings. The number of nitrogens with two attached hydrogens (primary N) is 1. The molecular weight excluding hydrogens is 218 g/mol. The smallest absolute Gasteiger partial charge is 0.158 e. The number of ether oxygens (including phenoxy) is 1. The molecule has 2 heterocycles. The van der Waals surface area contributed by atoms with Gasteiger partial charge in [0.05, 0.1) is 31.3 Å². The van der Waals surface area contributed by atoms with Gasteiger partial charge in [0.1, 0.15) is 0 Å². The van der Waals surface area contributed by atoms with Crippen LogP contribution < -0.4 is 11.3 Å². The molecule has 3 N–H and O–H groups in total. The number of hydrazine groups is 1. The Morgan fingerprint density at radius 1 is 1.53 bits per heavy atom. The molecule has 0 radical (unpaired) electrons. The van der Waals surface area contributed by atoms with Gasteiger partial charge in [0.2, 0.25) is 0 Å². The molecular formula is C11H19N5O. The summed E-state index contributed by atoms with van der Waals surface area (Å²) in [6, 6.07) is 0.484. The Labute approximate surface area is 101 Å². The second kappa shape index (κ2) is 5.90. The van der Waals surface area contributed by atoms with Crippen LogP contribution in [0.1, 0.15) is 19.0 Å². The molecule has 0 aromatic carbocycles. The first-order valence-corrected chi connectivity index (χ1v) is 5.92. The Balaban J connectivity index is 1.98. The molecule has 94 valence electrons. The van der Waals surface area contributed by atoms with Crippen LogP contribution in [0.3, 0.4) is 0 Å². The van der Waals surface area contributed by atoms with Crippen molar-refractivity contribution in [3.63, 3.8) is 0 Å². The minimum Gasteiger partial charge on any atom is -0.378 e. The zero-order valence-electron chi connectivity index (χ0n) is 10.1. The van der Waals surface area contributed by atoms with Crippen molar-refractivity contribution in [2.75, 3.05) is 25.2 Å². The molecule has 1 aromatic rings. The summed E-state index contributed by atoms with van der Waals surface area (Å²) in [4.78, 5) is 10.9. The van der Waals surface area contributed by atoms with Crippen LogP contribution in [0.2, 0.25) is 0 Å². The van der Waals surface area contributed by atoms with E-state index < -0.39 is 0 Å². The number of hydrogen-bond acceptors (Lipinski definition) is 6. The average molecular weight is 237 g/mol. The highest BCUT2D eigenvalue weighted by molar-refractivity contribution is 5.28. The molecule has 1 aliphatic rings. The van der Waals surface area contributed by atoms with E-state index >= 15 is 0 Å². The Hall–Kier alpha value is -1.24. The van der Waals surface area contributed by atoms with E-state index in [2.05, 4.69) is 27.2 Å². The van der Waals surface area contributed by atoms with Gasteiger partial charge in [0.25, 0.3) is 0 Å². The first-order valence-electron chi connectivity index (χ1n) is 5.92. The highest BCUT2D eigenvalue weighted by Crippen LogP contribution is 2.13. The van der Waals surface area contributed by atoms with Gasteiger partial charge in [-0.25, -0.2) is 10.8 Å². The molecule has 2 rings (SSSR count). The Bertz CT molecular complexity index is 342. The molecule has 0 spiro atoms. The number of morpholine rings is 1. The van der Waals surface area contributed by atoms with Gasteiger partial charge in [-0.05, 0) is 6.42 Å². The lowest BCUT2D eigenvalue weighted by Gasteiger charge is -2.34. The predicted molar refractivity (Wildman–Crippen MR) is 65.2 cm³/mol. The molecule has 1 aromatic heterocycles. The van der Waals surface area contributed by atoms with Crippen molar-refractivity contribution < 1.29 is 4.74 Å². The third kappa shape index (κ3) is 3.12. The molecule has 1 unspecified atom stereocenters. The van der Waals surface area contributed by atoms with Crippen LogP contribution in [0.25, 0.3) is 0 Å². The van der Waals surface area contributed by atoms with Crippen molar-refractivity contribution in [1.82, 2.24) is 14.9 Å². The van der Waals surface area contributed by atoms with E-state index in [0.717, 1.165) is 38.4 Å². The van der Waals surface area contributed by atoms with Gasteiger partial charge in [-0.1, -0.05) is 6.92 Å². The maximum Gasteiger partial charge on any atom is 0.158 e. The quantitative estimate of drug-likeness (QED) is 0.582. The van der Waals surface area contributed by atoms with E-state index in [1.165, 1.54) is 0 Å². The summed E-state index contributed by atoms with van der Waals surface area (Å²) in [6.07, 6.45) is 4.50. The van der Waals surface area contributed by atoms with Crippen molar-refractivity contribution in [1.29, 1.82) is 0 Å². The van der Waals surface area contributed by atoms with Gasteiger partial charge in [-0.2, -0.15) is 0 Å². The number of hydrogen-bond donors (Lipinski definition) is 2. The maximum absolute atomic E-state index is 5.47. The second-order valence-corrected chi connectivity index (χ2v) is 4.14. The minimum absolute atomic E-state index is 0.484. The van der Waals surface area contributed by atoms with E-state index in [9.17, 15) is 0 Å². The number of rotatable bonds is 4. The Kier molecular flexibility index (Phi) is 4.24. The summed E-state index contributed by atoms with van der Waals surface area (Å²) in [7, 11) is 0. The van der Waals surface area contributed by atoms with Crippen molar-refractivity contribution in [3.05, 3.63) is 18.1 Å². The molecule has 17 heavy (non-hydrogen) atoms. The molecule has 0 aliphatic carbocycles. The van der Waals surface area contributed by atoms with E-state index in [1.807, 2.05) is 0 Å². The molecule has 0 saturated carbocycles. The maximum atomic E-state index is 5.47. The first-order chi connectivity index (χ1) is 8.33. The molecule has 1 saturated heterocycles. The fourth-order valence-corrected chi connectivity index (χ4v) is 1.99. The molecule has 1 aliphatic heterocycles. The largest absolute Gasteiger partial charge is 0.378 e. The van der Waals surface area contributed by atoms with Crippen molar-refractivity contribution in [3.8, 4) is 0 Å². The SMILES string of the molecule is CCC1COCCN1Cc1cnc(NN)cn1. The van der Waals surface area contributed by atoms with Gasteiger partial charge in [-0.15, -0.1) is 0 Å². The summed E-state index contributed by atoms with van der Waals surface area (Å²) in [5.41, 5.74) is 3.43. The zero-order chi connectivity index (χ0) is 12.1. The van der Waals surface area contributed by atoms with Crippen molar-refractivity contribution >= 4 is 5.82 Å². The van der Waals surface area contributed by atoms with Gasteiger partial charge in [-0.3, -0.25) is 9.88 Å². The van der Waals surface area contributed by atoms with Crippen LogP contribution in [0, 0.1) is 0 Å². The van der Waals surface area contributed by atoms with Crippen LogP contribution in [-0.4, -0.2) is 40.7 Å². The van der Waals surface area contributed by atoms with Crippen LogP contribution in [0.4, 0.5) is 5.82 Å². The molecule has 0 bridgehead atoms. The number of anilines is 1. The number of nitrogens with one attached hydrogen (secondary N) is 1. The predicted octanol–water partition coefficient (Wildman–Crippen LogP) is 0.373. The fraction of sp³-hybridized carbons (Fsp3) is 0.636. The average Bonchev–Trinajstić information content (AvgIpc) is 2.40. The summed E-state index contributed by atoms with van der Waals surface area (Å²) < 4.78 is 5.47. The van der Waals surface area contributed by atoms with Crippen LogP contribution in [0.5, 0.6) is 0 Å². The topological polar surface area (TPSA) is 76.3 Å². The summed E-state index contributed by atoms with van der Waals surface area (Å²) >= 11 is 0. The monoisotopic (exact) mass is 237 g/mol. The number of nitrogens with zero attached hydrogens (tertiary/aromatic N) is 3. The summed E-state index contributed by atoms with van der Waals surface area (Å²) in [5, 5.41) is 0. The Morgan fingerprint density at radius 2 is 2.41 bits per heavy atom. The van der Waals surface area contributed by atoms with E-state index in [1.54, 1.807) is 12.4 Å². The molecule has 6 heteroatoms. The van der Waals surface area contributed by atoms with E-state index in [-0.39, 0.29) is 0 Å². The second-order valence-electron chi connectivity index (χ2n) is 4.14. The molecule has 1 atom stereocenters. The standard InChI is InChI=1S/C11H19N5O/c1-2-10-8-17-4-3-16(10)7-9-5-14-11(15-12)6-13-9/h5-6,10H,2-4,7-8,12H2,1H3,(H,14,15). The molecule has 6 nitrogen and oxygen atoms in total. The van der Waals surface area contributed by atoms with Crippen molar-refractivity contribution in [2.45, 2.75) is 25.9 Å². The third-order valence-electron chi connectivity index (χ3n) is 3.04. The van der Waals surface area contributed by atoms with Gasteiger partial charge in [0, 0.05) is 19.1 Å². The van der Waals surface area contributed by atoms with E-state index in [4.69, 9.17) is 10.6 Å². The third-order valence-corrected chi connectivity index (χ3v) is 3.04. The van der Waals surface area contributed by atoms with Crippen LogP contribution in [0.15, 0.2) is 12.4 Å². The normalized spacial score (nSPS) is 21.4. The first kappa shape index (κ1) is 12.2. The van der Waals surface area contributed by atoms with Gasteiger partial charge in [0.15, 0.2) is 5.82 Å². The summed E-state index contributed by atoms with van der Waals surface area (Å²) in [6.45, 7) is 5.56. The number of aromatic nitrogens is 2. The zero-order valence-corrected chi connectivity index (χ0v) is 10.1. The Morgan fingerprint density at radius 3 is 3.06 bits per heavy atom. The highest BCUT2D eigenvalue weighted by atomic mass is 16.5. The minimum atomic E-state index is 0.484. The van der Waals surface area contributed by atoms with Crippen molar-refractivity contribution in [2.24, 2.45) is 5.84 Å².